The second-order valence-electron chi connectivity index (χ2n) is 8.68. The smallest absolute Gasteiger partial charge is 0.224 e. The molecule has 35 heavy (non-hydrogen) atoms. The first-order chi connectivity index (χ1) is 17.0. The second-order valence-corrected chi connectivity index (χ2v) is 9.41. The number of nitrogens with zero attached hydrogens (tertiary/aromatic N) is 5. The van der Waals surface area contributed by atoms with Gasteiger partial charge in [0.2, 0.25) is 11.0 Å². The molecule has 0 saturated carbocycles. The minimum atomic E-state index is -0.257. The molecule has 0 N–H and O–H groups in total. The maximum atomic E-state index is 13.2. The summed E-state index contributed by atoms with van der Waals surface area (Å²) in [6, 6.07) is 14.8. The Morgan fingerprint density at radius 2 is 1.83 bits per heavy atom. The number of methoxy groups -OCH3 is 1. The van der Waals surface area contributed by atoms with E-state index in [9.17, 15) is 9.18 Å². The molecule has 0 aliphatic carbocycles. The zero-order valence-electron chi connectivity index (χ0n) is 20.3. The Kier molecular flexibility index (Phi) is 8.65. The van der Waals surface area contributed by atoms with Crippen molar-refractivity contribution in [1.29, 1.82) is 0 Å². The lowest BCUT2D eigenvalue weighted by Crippen LogP contribution is -2.49. The van der Waals surface area contributed by atoms with E-state index in [0.717, 1.165) is 36.9 Å². The molecular weight excluding hydrogens is 465 g/mol. The Labute approximate surface area is 210 Å². The molecule has 4 rings (SSSR count). The van der Waals surface area contributed by atoms with E-state index >= 15 is 0 Å². The summed E-state index contributed by atoms with van der Waals surface area (Å²) in [6.45, 7) is 7.00. The number of aryl methyl sites for hydroxylation is 1. The van der Waals surface area contributed by atoms with Gasteiger partial charge in [-0.05, 0) is 36.2 Å². The Hall–Kier alpha value is -3.04. The Bertz CT molecular complexity index is 1100. The predicted octanol–water partition coefficient (Wildman–Crippen LogP) is 3.77. The van der Waals surface area contributed by atoms with Crippen molar-refractivity contribution < 1.29 is 13.9 Å². The first kappa shape index (κ1) is 25.1. The summed E-state index contributed by atoms with van der Waals surface area (Å²) < 4.78 is 22.9. The number of para-hydroxylation sites is 1. The molecule has 9 heteroatoms. The number of halogens is 1. The fourth-order valence-electron chi connectivity index (χ4n) is 4.24. The third-order valence-electron chi connectivity index (χ3n) is 6.25. The largest absolute Gasteiger partial charge is 0.383 e. The highest BCUT2D eigenvalue weighted by Gasteiger charge is 2.23. The van der Waals surface area contributed by atoms with Gasteiger partial charge in [-0.1, -0.05) is 30.3 Å². The van der Waals surface area contributed by atoms with Gasteiger partial charge in [-0.25, -0.2) is 9.37 Å². The van der Waals surface area contributed by atoms with Gasteiger partial charge in [0.25, 0.3) is 0 Å². The molecule has 1 aromatic heterocycles. The Morgan fingerprint density at radius 3 is 2.54 bits per heavy atom. The van der Waals surface area contributed by atoms with Crippen LogP contribution in [0.5, 0.6) is 0 Å². The van der Waals surface area contributed by atoms with Crippen molar-refractivity contribution in [3.63, 3.8) is 0 Å². The number of carbonyl (C=O) groups is 1. The summed E-state index contributed by atoms with van der Waals surface area (Å²) in [5, 5.41) is 0.774. The molecular formula is C26H32FN5O2S. The standard InChI is InChI=1S/C26H32FN5O2S/c1-20-5-3-4-6-23(20)30-13-15-31(16-14-30)25(33)11-12-32(17-18-34-2)26-28-24(29-35-26)19-21-7-9-22(27)10-8-21/h3-10H,11-19H2,1-2H3. The summed E-state index contributed by atoms with van der Waals surface area (Å²) >= 11 is 1.32. The Morgan fingerprint density at radius 1 is 1.09 bits per heavy atom. The summed E-state index contributed by atoms with van der Waals surface area (Å²) in [4.78, 5) is 24.0. The number of hydrogen-bond donors (Lipinski definition) is 0. The van der Waals surface area contributed by atoms with Crippen LogP contribution in [0, 0.1) is 12.7 Å². The van der Waals surface area contributed by atoms with Crippen LogP contribution < -0.4 is 9.80 Å². The van der Waals surface area contributed by atoms with Crippen LogP contribution in [0.3, 0.4) is 0 Å². The van der Waals surface area contributed by atoms with Gasteiger partial charge in [-0.2, -0.15) is 4.37 Å². The SMILES string of the molecule is COCCN(CCC(=O)N1CCN(c2ccccc2C)CC1)c1nc(Cc2ccc(F)cc2)ns1. The monoisotopic (exact) mass is 497 g/mol. The van der Waals surface area contributed by atoms with Gasteiger partial charge in [0.05, 0.1) is 6.61 Å². The molecule has 7 nitrogen and oxygen atoms in total. The summed E-state index contributed by atoms with van der Waals surface area (Å²) in [7, 11) is 1.66. The average Bonchev–Trinajstić information content (AvgIpc) is 3.34. The molecule has 1 saturated heterocycles. The zero-order valence-corrected chi connectivity index (χ0v) is 21.1. The lowest BCUT2D eigenvalue weighted by Gasteiger charge is -2.37. The number of piperazine rings is 1. The molecule has 0 atom stereocenters. The normalized spacial score (nSPS) is 13.8. The van der Waals surface area contributed by atoms with E-state index in [0.29, 0.717) is 38.4 Å². The van der Waals surface area contributed by atoms with Crippen LogP contribution in [0.25, 0.3) is 0 Å². The molecule has 0 spiro atoms. The van der Waals surface area contributed by atoms with Gasteiger partial charge in [0.15, 0.2) is 0 Å². The molecule has 1 aliphatic heterocycles. The zero-order chi connectivity index (χ0) is 24.6. The third-order valence-corrected chi connectivity index (χ3v) is 7.07. The summed E-state index contributed by atoms with van der Waals surface area (Å²) in [5.74, 6) is 0.596. The van der Waals surface area contributed by atoms with Crippen molar-refractivity contribution in [2.24, 2.45) is 0 Å². The molecule has 0 bridgehead atoms. The maximum absolute atomic E-state index is 13.2. The lowest BCUT2D eigenvalue weighted by atomic mass is 10.1. The molecule has 2 aromatic carbocycles. The topological polar surface area (TPSA) is 61.8 Å². The number of benzene rings is 2. The average molecular weight is 498 g/mol. The van der Waals surface area contributed by atoms with Gasteiger partial charge in [0, 0.05) is 76.4 Å². The van der Waals surface area contributed by atoms with Gasteiger partial charge in [0.1, 0.15) is 11.6 Å². The molecule has 1 fully saturated rings. The number of anilines is 2. The minimum absolute atomic E-state index is 0.160. The number of amides is 1. The van der Waals surface area contributed by atoms with Gasteiger partial charge in [-0.15, -0.1) is 0 Å². The summed E-state index contributed by atoms with van der Waals surface area (Å²) in [6.07, 6.45) is 0.958. The van der Waals surface area contributed by atoms with Gasteiger partial charge >= 0.3 is 0 Å². The van der Waals surface area contributed by atoms with Crippen LogP contribution in [-0.2, 0) is 16.0 Å². The quantitative estimate of drug-likeness (QED) is 0.425. The van der Waals surface area contributed by atoms with E-state index in [1.807, 2.05) is 4.90 Å². The molecule has 1 aliphatic rings. The van der Waals surface area contributed by atoms with Crippen LogP contribution in [0.15, 0.2) is 48.5 Å². The van der Waals surface area contributed by atoms with E-state index in [1.54, 1.807) is 19.2 Å². The van der Waals surface area contributed by atoms with Crippen molar-refractivity contribution >= 4 is 28.3 Å². The van der Waals surface area contributed by atoms with E-state index in [2.05, 4.69) is 50.3 Å². The fraction of sp³-hybridized carbons (Fsp3) is 0.423. The molecule has 1 amide bonds. The molecule has 3 aromatic rings. The number of hydrogen-bond acceptors (Lipinski definition) is 7. The maximum Gasteiger partial charge on any atom is 0.224 e. The van der Waals surface area contributed by atoms with E-state index < -0.39 is 0 Å². The number of aromatic nitrogens is 2. The highest BCUT2D eigenvalue weighted by atomic mass is 32.1. The molecule has 0 unspecified atom stereocenters. The lowest BCUT2D eigenvalue weighted by molar-refractivity contribution is -0.131. The molecule has 2 heterocycles. The van der Waals surface area contributed by atoms with Gasteiger partial charge in [-0.3, -0.25) is 4.79 Å². The van der Waals surface area contributed by atoms with Crippen molar-refractivity contribution in [2.75, 3.05) is 62.8 Å². The molecule has 186 valence electrons. The number of rotatable bonds is 10. The van der Waals surface area contributed by atoms with Crippen molar-refractivity contribution in [3.8, 4) is 0 Å². The number of carbonyl (C=O) groups excluding carboxylic acids is 1. The Balaban J connectivity index is 1.31. The fourth-order valence-corrected chi connectivity index (χ4v) is 4.97. The van der Waals surface area contributed by atoms with E-state index in [1.165, 1.54) is 34.9 Å². The van der Waals surface area contributed by atoms with Crippen LogP contribution in [0.1, 0.15) is 23.4 Å². The molecule has 0 radical (unpaired) electrons. The van der Waals surface area contributed by atoms with Crippen LogP contribution in [0.2, 0.25) is 0 Å². The number of ether oxygens (including phenoxy) is 1. The predicted molar refractivity (Wildman–Crippen MR) is 138 cm³/mol. The van der Waals surface area contributed by atoms with E-state index in [4.69, 9.17) is 4.74 Å². The highest BCUT2D eigenvalue weighted by Crippen LogP contribution is 2.22. The van der Waals surface area contributed by atoms with Crippen LogP contribution in [0.4, 0.5) is 15.2 Å². The van der Waals surface area contributed by atoms with Crippen LogP contribution >= 0.6 is 11.5 Å². The first-order valence-electron chi connectivity index (χ1n) is 11.9. The first-order valence-corrected chi connectivity index (χ1v) is 12.7. The van der Waals surface area contributed by atoms with Crippen LogP contribution in [-0.4, -0.2) is 73.1 Å². The van der Waals surface area contributed by atoms with Gasteiger partial charge < -0.3 is 19.4 Å². The highest BCUT2D eigenvalue weighted by molar-refractivity contribution is 7.09. The minimum Gasteiger partial charge on any atom is -0.383 e. The second kappa shape index (κ2) is 12.1. The van der Waals surface area contributed by atoms with Crippen molar-refractivity contribution in [3.05, 3.63) is 71.3 Å². The van der Waals surface area contributed by atoms with E-state index in [-0.39, 0.29) is 11.7 Å². The summed E-state index contributed by atoms with van der Waals surface area (Å²) in [5.41, 5.74) is 3.47. The third kappa shape index (κ3) is 6.76. The van der Waals surface area contributed by atoms with Crippen molar-refractivity contribution in [2.45, 2.75) is 19.8 Å². The van der Waals surface area contributed by atoms with Crippen molar-refractivity contribution in [1.82, 2.24) is 14.3 Å².